The SMILES string of the molecule is Cc1c(Br)cccc1Nc1nc(N)cn2ccnc12. The zero-order valence-corrected chi connectivity index (χ0v) is 11.8. The van der Waals surface area contributed by atoms with Gasteiger partial charge in [-0.2, -0.15) is 0 Å². The van der Waals surface area contributed by atoms with Crippen molar-refractivity contribution in [2.24, 2.45) is 0 Å². The van der Waals surface area contributed by atoms with Gasteiger partial charge in [0.2, 0.25) is 0 Å². The molecule has 0 aliphatic carbocycles. The number of nitrogens with two attached hydrogens (primary N) is 1. The number of halogens is 1. The topological polar surface area (TPSA) is 68.2 Å². The number of hydrogen-bond acceptors (Lipinski definition) is 4. The Hall–Kier alpha value is -2.08. The average Bonchev–Trinajstić information content (AvgIpc) is 2.83. The van der Waals surface area contributed by atoms with Crippen molar-refractivity contribution in [3.63, 3.8) is 0 Å². The van der Waals surface area contributed by atoms with E-state index in [1.807, 2.05) is 35.7 Å². The molecule has 3 rings (SSSR count). The van der Waals surface area contributed by atoms with Crippen molar-refractivity contribution >= 4 is 38.9 Å². The van der Waals surface area contributed by atoms with Crippen LogP contribution in [0.15, 0.2) is 41.3 Å². The first-order chi connectivity index (χ1) is 9.15. The minimum atomic E-state index is 0.445. The predicted molar refractivity (Wildman–Crippen MR) is 79.6 cm³/mol. The average molecular weight is 318 g/mol. The number of aromatic nitrogens is 3. The molecule has 6 heteroatoms. The lowest BCUT2D eigenvalue weighted by atomic mass is 10.2. The van der Waals surface area contributed by atoms with Crippen molar-refractivity contribution in [2.45, 2.75) is 6.92 Å². The van der Waals surface area contributed by atoms with Gasteiger partial charge >= 0.3 is 0 Å². The maximum absolute atomic E-state index is 5.80. The Labute approximate surface area is 118 Å². The highest BCUT2D eigenvalue weighted by Gasteiger charge is 2.08. The van der Waals surface area contributed by atoms with Crippen LogP contribution in [0.2, 0.25) is 0 Å². The maximum atomic E-state index is 5.80. The second-order valence-electron chi connectivity index (χ2n) is 4.21. The lowest BCUT2D eigenvalue weighted by Gasteiger charge is -2.11. The Morgan fingerprint density at radius 2 is 2.21 bits per heavy atom. The van der Waals surface area contributed by atoms with Gasteiger partial charge in [0.1, 0.15) is 5.82 Å². The molecule has 96 valence electrons. The highest BCUT2D eigenvalue weighted by molar-refractivity contribution is 9.10. The van der Waals surface area contributed by atoms with Gasteiger partial charge in [-0.05, 0) is 24.6 Å². The normalized spacial score (nSPS) is 10.8. The first kappa shape index (κ1) is 12.0. The number of nitrogen functional groups attached to an aromatic ring is 1. The monoisotopic (exact) mass is 317 g/mol. The highest BCUT2D eigenvalue weighted by Crippen LogP contribution is 2.27. The third-order valence-corrected chi connectivity index (χ3v) is 3.77. The molecule has 0 amide bonds. The number of imidazole rings is 1. The van der Waals surface area contributed by atoms with Crippen LogP contribution in [0.4, 0.5) is 17.3 Å². The van der Waals surface area contributed by atoms with Crippen molar-refractivity contribution < 1.29 is 0 Å². The van der Waals surface area contributed by atoms with Crippen LogP contribution in [-0.4, -0.2) is 14.4 Å². The van der Waals surface area contributed by atoms with E-state index in [1.54, 1.807) is 12.4 Å². The summed E-state index contributed by atoms with van der Waals surface area (Å²) >= 11 is 3.51. The third kappa shape index (κ3) is 2.15. The number of rotatable bonds is 2. The van der Waals surface area contributed by atoms with Gasteiger partial charge in [0.25, 0.3) is 0 Å². The van der Waals surface area contributed by atoms with Gasteiger partial charge < -0.3 is 15.5 Å². The Balaban J connectivity index is 2.10. The fourth-order valence-corrected chi connectivity index (χ4v) is 2.27. The minimum Gasteiger partial charge on any atom is -0.382 e. The summed E-state index contributed by atoms with van der Waals surface area (Å²) in [6.07, 6.45) is 5.29. The smallest absolute Gasteiger partial charge is 0.180 e. The second-order valence-corrected chi connectivity index (χ2v) is 5.06. The van der Waals surface area contributed by atoms with Crippen LogP contribution in [0.1, 0.15) is 5.56 Å². The van der Waals surface area contributed by atoms with E-state index in [9.17, 15) is 0 Å². The molecule has 0 atom stereocenters. The Bertz CT molecular complexity index is 750. The molecule has 0 saturated carbocycles. The van der Waals surface area contributed by atoms with Crippen LogP contribution in [0, 0.1) is 6.92 Å². The molecule has 3 N–H and O–H groups in total. The Kier molecular flexibility index (Phi) is 2.87. The van der Waals surface area contributed by atoms with Crippen LogP contribution in [-0.2, 0) is 0 Å². The molecule has 0 spiro atoms. The largest absolute Gasteiger partial charge is 0.382 e. The van der Waals surface area contributed by atoms with Gasteiger partial charge in [0.05, 0.1) is 6.20 Å². The van der Waals surface area contributed by atoms with E-state index in [4.69, 9.17) is 5.73 Å². The number of nitrogens with one attached hydrogen (secondary N) is 1. The van der Waals surface area contributed by atoms with Crippen LogP contribution >= 0.6 is 15.9 Å². The molecule has 0 unspecified atom stereocenters. The number of hydrogen-bond donors (Lipinski definition) is 2. The predicted octanol–water partition coefficient (Wildman–Crippen LogP) is 3.13. The van der Waals surface area contributed by atoms with Crippen molar-refractivity contribution in [2.75, 3.05) is 11.1 Å². The van der Waals surface area contributed by atoms with E-state index >= 15 is 0 Å². The van der Waals surface area contributed by atoms with E-state index in [0.29, 0.717) is 11.6 Å². The molecule has 3 aromatic rings. The zero-order valence-electron chi connectivity index (χ0n) is 10.3. The molecule has 0 fully saturated rings. The first-order valence-electron chi connectivity index (χ1n) is 5.76. The molecule has 2 aromatic heterocycles. The highest BCUT2D eigenvalue weighted by atomic mass is 79.9. The lowest BCUT2D eigenvalue weighted by Crippen LogP contribution is -2.02. The van der Waals surface area contributed by atoms with Crippen LogP contribution in [0.5, 0.6) is 0 Å². The fraction of sp³-hybridized carbons (Fsp3) is 0.0769. The van der Waals surface area contributed by atoms with Gasteiger partial charge in [0.15, 0.2) is 11.5 Å². The van der Waals surface area contributed by atoms with Crippen molar-refractivity contribution in [1.82, 2.24) is 14.4 Å². The van der Waals surface area contributed by atoms with E-state index in [2.05, 4.69) is 31.2 Å². The lowest BCUT2D eigenvalue weighted by molar-refractivity contribution is 1.13. The van der Waals surface area contributed by atoms with Crippen LogP contribution < -0.4 is 11.1 Å². The van der Waals surface area contributed by atoms with Gasteiger partial charge in [-0.25, -0.2) is 9.97 Å². The van der Waals surface area contributed by atoms with E-state index in [1.165, 1.54) is 0 Å². The summed E-state index contributed by atoms with van der Waals surface area (Å²) in [5.41, 5.74) is 8.62. The standard InChI is InChI=1S/C13H12BrN5/c1-8-9(14)3-2-4-10(8)17-12-13-16-5-6-19(13)7-11(15)18-12/h2-7H,15H2,1H3,(H,17,18). The zero-order chi connectivity index (χ0) is 13.4. The Morgan fingerprint density at radius 1 is 1.37 bits per heavy atom. The number of nitrogens with zero attached hydrogens (tertiary/aromatic N) is 3. The molecular weight excluding hydrogens is 306 g/mol. The van der Waals surface area contributed by atoms with E-state index in [-0.39, 0.29) is 0 Å². The molecule has 0 aliphatic heterocycles. The van der Waals surface area contributed by atoms with Gasteiger partial charge in [-0.1, -0.05) is 22.0 Å². The van der Waals surface area contributed by atoms with Gasteiger partial charge in [-0.15, -0.1) is 0 Å². The molecular formula is C13H12BrN5. The van der Waals surface area contributed by atoms with Crippen molar-refractivity contribution in [3.05, 3.63) is 46.8 Å². The molecule has 0 saturated heterocycles. The van der Waals surface area contributed by atoms with Crippen LogP contribution in [0.25, 0.3) is 5.65 Å². The van der Waals surface area contributed by atoms with E-state index in [0.717, 1.165) is 21.4 Å². The molecule has 0 aliphatic rings. The maximum Gasteiger partial charge on any atom is 0.180 e. The molecule has 0 radical (unpaired) electrons. The van der Waals surface area contributed by atoms with Crippen molar-refractivity contribution in [1.29, 1.82) is 0 Å². The molecule has 1 aromatic carbocycles. The molecule has 2 heterocycles. The number of anilines is 3. The summed E-state index contributed by atoms with van der Waals surface area (Å²) < 4.78 is 2.89. The third-order valence-electron chi connectivity index (χ3n) is 2.91. The quantitative estimate of drug-likeness (QED) is 0.762. The van der Waals surface area contributed by atoms with E-state index < -0.39 is 0 Å². The van der Waals surface area contributed by atoms with Crippen LogP contribution in [0.3, 0.4) is 0 Å². The summed E-state index contributed by atoms with van der Waals surface area (Å²) in [7, 11) is 0. The summed E-state index contributed by atoms with van der Waals surface area (Å²) in [5.74, 6) is 1.09. The number of fused-ring (bicyclic) bond motifs is 1. The number of benzene rings is 1. The Morgan fingerprint density at radius 3 is 3.05 bits per heavy atom. The van der Waals surface area contributed by atoms with Crippen molar-refractivity contribution in [3.8, 4) is 0 Å². The molecule has 0 bridgehead atoms. The summed E-state index contributed by atoms with van der Waals surface area (Å²) in [6.45, 7) is 2.03. The fourth-order valence-electron chi connectivity index (χ4n) is 1.91. The summed E-state index contributed by atoms with van der Waals surface area (Å²) in [6, 6.07) is 5.96. The molecule has 19 heavy (non-hydrogen) atoms. The summed E-state index contributed by atoms with van der Waals surface area (Å²) in [4.78, 5) is 8.59. The first-order valence-corrected chi connectivity index (χ1v) is 6.56. The second kappa shape index (κ2) is 4.55. The van der Waals surface area contributed by atoms with Gasteiger partial charge in [0, 0.05) is 22.6 Å². The minimum absolute atomic E-state index is 0.445. The van der Waals surface area contributed by atoms with Gasteiger partial charge in [-0.3, -0.25) is 0 Å². The summed E-state index contributed by atoms with van der Waals surface area (Å²) in [5, 5.41) is 3.28. The molecule has 5 nitrogen and oxygen atoms in total.